The van der Waals surface area contributed by atoms with Crippen LogP contribution < -0.4 is 14.4 Å². The normalized spacial score (nSPS) is 34.2. The van der Waals surface area contributed by atoms with Gasteiger partial charge in [-0.2, -0.15) is 0 Å². The molecular formula is C38H46ClN3O4S. The van der Waals surface area contributed by atoms with E-state index >= 15 is 0 Å². The Hall–Kier alpha value is -3.07. The third-order valence-corrected chi connectivity index (χ3v) is 14.3. The van der Waals surface area contributed by atoms with Crippen molar-refractivity contribution in [2.75, 3.05) is 24.6 Å². The summed E-state index contributed by atoms with van der Waals surface area (Å²) in [5, 5.41) is 13.0. The highest BCUT2D eigenvalue weighted by Crippen LogP contribution is 2.51. The molecule has 2 aliphatic heterocycles. The first-order chi connectivity index (χ1) is 22.5. The van der Waals surface area contributed by atoms with E-state index in [1.165, 1.54) is 11.1 Å². The molecule has 3 aromatic rings. The van der Waals surface area contributed by atoms with Crippen molar-refractivity contribution in [3.63, 3.8) is 0 Å². The van der Waals surface area contributed by atoms with Gasteiger partial charge in [0.1, 0.15) is 5.75 Å². The first-order valence-electron chi connectivity index (χ1n) is 17.1. The minimum absolute atomic E-state index is 0.0314. The van der Waals surface area contributed by atoms with Gasteiger partial charge in [-0.05, 0) is 129 Å². The summed E-state index contributed by atoms with van der Waals surface area (Å²) in [5.74, 6) is 4.68. The van der Waals surface area contributed by atoms with Gasteiger partial charge in [-0.3, -0.25) is 14.5 Å². The lowest BCUT2D eigenvalue weighted by atomic mass is 9.61. The van der Waals surface area contributed by atoms with Crippen LogP contribution in [0.3, 0.4) is 0 Å². The Morgan fingerprint density at radius 3 is 2.72 bits per heavy atom. The number of pyridine rings is 1. The number of fused-ring (bicyclic) bond motifs is 4. The molecule has 0 saturated heterocycles. The predicted molar refractivity (Wildman–Crippen MR) is 190 cm³/mol. The summed E-state index contributed by atoms with van der Waals surface area (Å²) < 4.78 is 23.3. The molecule has 250 valence electrons. The largest absolute Gasteiger partial charge is 0.490 e. The smallest absolute Gasteiger partial charge is 0.262 e. The number of hydrogen-bond donors (Lipinski definition) is 2. The van der Waals surface area contributed by atoms with E-state index < -0.39 is 15.3 Å². The van der Waals surface area contributed by atoms with Gasteiger partial charge in [0.15, 0.2) is 0 Å². The fourth-order valence-electron chi connectivity index (χ4n) is 8.73. The van der Waals surface area contributed by atoms with E-state index in [1.807, 2.05) is 43.5 Å². The van der Waals surface area contributed by atoms with Gasteiger partial charge in [0.25, 0.3) is 5.91 Å². The van der Waals surface area contributed by atoms with Crippen LogP contribution >= 0.6 is 11.6 Å². The number of hydrogen-bond acceptors (Lipinski definition) is 6. The Labute approximate surface area is 284 Å². The molecule has 1 saturated carbocycles. The summed E-state index contributed by atoms with van der Waals surface area (Å²) >= 11 is 6.46. The lowest BCUT2D eigenvalue weighted by Gasteiger charge is -2.50. The van der Waals surface area contributed by atoms with Crippen molar-refractivity contribution in [2.45, 2.75) is 81.5 Å². The minimum atomic E-state index is -2.95. The Morgan fingerprint density at radius 1 is 1.11 bits per heavy atom. The van der Waals surface area contributed by atoms with Crippen molar-refractivity contribution in [3.8, 4) is 5.75 Å². The highest BCUT2D eigenvalue weighted by molar-refractivity contribution is 7.99. The molecule has 9 heteroatoms. The lowest BCUT2D eigenvalue weighted by Crippen LogP contribution is -2.52. The molecule has 1 spiro atoms. The summed E-state index contributed by atoms with van der Waals surface area (Å²) in [4.78, 5) is 20.5. The number of nitrogens with zero attached hydrogens (tertiary/aromatic N) is 2. The molecule has 1 fully saturated rings. The van der Waals surface area contributed by atoms with Gasteiger partial charge in [0.2, 0.25) is 0 Å². The van der Waals surface area contributed by atoms with E-state index in [-0.39, 0.29) is 34.3 Å². The number of carbonyl (C=O) groups is 1. The van der Waals surface area contributed by atoms with Gasteiger partial charge in [-0.15, -0.1) is 0 Å². The van der Waals surface area contributed by atoms with Gasteiger partial charge in [0.05, 0.1) is 27.6 Å². The highest BCUT2D eigenvalue weighted by atomic mass is 35.5. The molecular weight excluding hydrogens is 630 g/mol. The molecule has 4 aliphatic rings. The number of rotatable bonds is 1. The maximum Gasteiger partial charge on any atom is 0.262 e. The Balaban J connectivity index is 1.33. The number of nitrogens with one attached hydrogen (secondary N) is 1. The molecule has 2 N–H and O–H groups in total. The summed E-state index contributed by atoms with van der Waals surface area (Å²) in [6.07, 6.45) is 10.6. The zero-order valence-corrected chi connectivity index (χ0v) is 29.0. The molecule has 7 rings (SSSR count). The Morgan fingerprint density at radius 2 is 1.96 bits per heavy atom. The SMILES string of the molecule is C=S1(=O)NC(=O)c2ccc3c(c2)N(C[C@@H]2CC[C@H]2[C@@](O)(c2cccnc2)CCC[C@H](C)[C@H]1C)C[C@@]1(CCCc2cc(Cl)ccc21)CO3. The van der Waals surface area contributed by atoms with Crippen LogP contribution in [0.15, 0.2) is 60.9 Å². The maximum atomic E-state index is 13.9. The monoisotopic (exact) mass is 675 g/mol. The topological polar surface area (TPSA) is 91.8 Å². The van der Waals surface area contributed by atoms with Crippen LogP contribution in [0.1, 0.15) is 85.8 Å². The van der Waals surface area contributed by atoms with E-state index in [0.29, 0.717) is 18.6 Å². The maximum absolute atomic E-state index is 13.9. The molecule has 47 heavy (non-hydrogen) atoms. The van der Waals surface area contributed by atoms with E-state index in [2.05, 4.69) is 39.5 Å². The molecule has 1 unspecified atom stereocenters. The van der Waals surface area contributed by atoms with E-state index in [4.69, 9.17) is 16.3 Å². The number of benzene rings is 2. The van der Waals surface area contributed by atoms with E-state index in [9.17, 15) is 14.1 Å². The van der Waals surface area contributed by atoms with Crippen molar-refractivity contribution >= 4 is 38.8 Å². The number of aromatic nitrogens is 1. The van der Waals surface area contributed by atoms with Crippen molar-refractivity contribution in [3.05, 3.63) is 88.2 Å². The van der Waals surface area contributed by atoms with Crippen LogP contribution in [0.4, 0.5) is 5.69 Å². The van der Waals surface area contributed by atoms with Gasteiger partial charge in [-0.1, -0.05) is 30.7 Å². The fourth-order valence-corrected chi connectivity index (χ4v) is 10.4. The average molecular weight is 676 g/mol. The second-order valence-corrected chi connectivity index (χ2v) is 17.5. The third-order valence-electron chi connectivity index (χ3n) is 11.8. The quantitative estimate of drug-likeness (QED) is 0.279. The summed E-state index contributed by atoms with van der Waals surface area (Å²) in [6.45, 7) is 5.92. The molecule has 7 atom stereocenters. The second kappa shape index (κ2) is 12.4. The van der Waals surface area contributed by atoms with Crippen LogP contribution in [0.2, 0.25) is 5.02 Å². The molecule has 1 aromatic heterocycles. The summed E-state index contributed by atoms with van der Waals surface area (Å²) in [6, 6.07) is 15.7. The number of halogens is 1. The van der Waals surface area contributed by atoms with Crippen LogP contribution in [-0.2, 0) is 27.1 Å². The van der Waals surface area contributed by atoms with Gasteiger partial charge < -0.3 is 14.7 Å². The molecule has 1 amide bonds. The van der Waals surface area contributed by atoms with Crippen molar-refractivity contribution in [2.24, 2.45) is 17.8 Å². The number of carbonyl (C=O) groups excluding carboxylic acids is 1. The molecule has 2 bridgehead atoms. The van der Waals surface area contributed by atoms with Crippen molar-refractivity contribution in [1.82, 2.24) is 9.71 Å². The van der Waals surface area contributed by atoms with Crippen LogP contribution in [0.25, 0.3) is 0 Å². The second-order valence-electron chi connectivity index (χ2n) is 14.6. The standard InChI is InChI=1S/C38H46ClN3O4S/c1-25-7-4-17-38(44,30-9-6-18-40-21-30)33-13-10-29(33)22-42-23-37(16-5-8-27-19-31(39)12-14-32(27)37)24-46-35-15-11-28(20-34(35)42)36(43)41-47(3,45)26(25)2/h6,9,11-12,14-15,18-21,25-26,29,33,44H,3-5,7-8,10,13,16-17,22-24H2,1-2H3,(H,41,43,45)/t25-,26+,29-,33+,37-,38-,47?/m0/s1. The molecule has 2 aliphatic carbocycles. The highest BCUT2D eigenvalue weighted by Gasteiger charge is 2.49. The third kappa shape index (κ3) is 5.95. The van der Waals surface area contributed by atoms with Crippen LogP contribution in [0, 0.1) is 17.8 Å². The predicted octanol–water partition coefficient (Wildman–Crippen LogP) is 6.69. The molecule has 0 radical (unpaired) electrons. The number of amides is 1. The Kier molecular flexibility index (Phi) is 8.59. The first-order valence-corrected chi connectivity index (χ1v) is 19.3. The van der Waals surface area contributed by atoms with Crippen LogP contribution in [-0.4, -0.2) is 51.0 Å². The number of aryl methyl sites for hydroxylation is 1. The first kappa shape index (κ1) is 32.5. The van der Waals surface area contributed by atoms with E-state index in [1.54, 1.807) is 12.3 Å². The van der Waals surface area contributed by atoms with Crippen molar-refractivity contribution in [1.29, 1.82) is 0 Å². The zero-order valence-electron chi connectivity index (χ0n) is 27.4. The zero-order chi connectivity index (χ0) is 33.0. The number of ether oxygens (including phenoxy) is 1. The number of aliphatic hydroxyl groups is 1. The molecule has 3 heterocycles. The average Bonchev–Trinajstić information content (AvgIpc) is 3.19. The number of anilines is 1. The van der Waals surface area contributed by atoms with Crippen molar-refractivity contribution < 1.29 is 18.8 Å². The van der Waals surface area contributed by atoms with Gasteiger partial charge >= 0.3 is 0 Å². The fraction of sp³-hybridized carbons (Fsp3) is 0.500. The molecule has 2 aromatic carbocycles. The Bertz CT molecular complexity index is 1770. The molecule has 7 nitrogen and oxygen atoms in total. The summed E-state index contributed by atoms with van der Waals surface area (Å²) in [7, 11) is -2.95. The summed E-state index contributed by atoms with van der Waals surface area (Å²) in [5.41, 5.74) is 3.42. The van der Waals surface area contributed by atoms with E-state index in [0.717, 1.165) is 80.1 Å². The van der Waals surface area contributed by atoms with Gasteiger partial charge in [-0.25, -0.2) is 4.21 Å². The van der Waals surface area contributed by atoms with Gasteiger partial charge in [0, 0.05) is 52.3 Å². The minimum Gasteiger partial charge on any atom is -0.490 e. The lowest BCUT2D eigenvalue weighted by molar-refractivity contribution is -0.0952. The van der Waals surface area contributed by atoms with Crippen LogP contribution in [0.5, 0.6) is 5.75 Å².